The molecule has 3 heteroatoms. The Morgan fingerprint density at radius 1 is 1.32 bits per heavy atom. The predicted octanol–water partition coefficient (Wildman–Crippen LogP) is 3.15. The molecule has 3 rings (SSSR count). The fraction of sp³-hybridized carbons (Fsp3) is 0.312. The summed E-state index contributed by atoms with van der Waals surface area (Å²) in [4.78, 5) is 4.48. The number of halogens is 1. The molecular formula is C16H17FN2. The van der Waals surface area contributed by atoms with E-state index < -0.39 is 0 Å². The SMILES string of the molecule is NCc1ccc(F)c(C2CCCc3cccnc32)c1. The third-order valence-corrected chi connectivity index (χ3v) is 3.87. The van der Waals surface area contributed by atoms with E-state index in [-0.39, 0.29) is 11.7 Å². The lowest BCUT2D eigenvalue weighted by Crippen LogP contribution is -2.14. The molecule has 1 heterocycles. The van der Waals surface area contributed by atoms with Gasteiger partial charge in [0.1, 0.15) is 5.82 Å². The van der Waals surface area contributed by atoms with Crippen LogP contribution in [0.4, 0.5) is 4.39 Å². The second-order valence-corrected chi connectivity index (χ2v) is 5.05. The summed E-state index contributed by atoms with van der Waals surface area (Å²) in [5.74, 6) is -0.0860. The standard InChI is InChI=1S/C16H17FN2/c17-15-7-6-11(10-18)9-14(15)13-5-1-3-12-4-2-8-19-16(12)13/h2,4,6-9,13H,1,3,5,10,18H2. The maximum atomic E-state index is 14.1. The molecule has 19 heavy (non-hydrogen) atoms. The predicted molar refractivity (Wildman–Crippen MR) is 73.3 cm³/mol. The van der Waals surface area contributed by atoms with Crippen molar-refractivity contribution in [1.82, 2.24) is 4.98 Å². The highest BCUT2D eigenvalue weighted by atomic mass is 19.1. The van der Waals surface area contributed by atoms with E-state index in [0.29, 0.717) is 6.54 Å². The average molecular weight is 256 g/mol. The number of fused-ring (bicyclic) bond motifs is 1. The Labute approximate surface area is 112 Å². The Morgan fingerprint density at radius 3 is 3.05 bits per heavy atom. The van der Waals surface area contributed by atoms with E-state index in [9.17, 15) is 4.39 Å². The van der Waals surface area contributed by atoms with Crippen molar-refractivity contribution in [3.05, 3.63) is 64.7 Å². The summed E-state index contributed by atoms with van der Waals surface area (Å²) in [6, 6.07) is 9.21. The van der Waals surface area contributed by atoms with Gasteiger partial charge in [0, 0.05) is 18.7 Å². The monoisotopic (exact) mass is 256 g/mol. The van der Waals surface area contributed by atoms with E-state index in [0.717, 1.165) is 36.1 Å². The molecule has 1 aromatic carbocycles. The number of aromatic nitrogens is 1. The Morgan fingerprint density at radius 2 is 2.21 bits per heavy atom. The van der Waals surface area contributed by atoms with E-state index in [1.165, 1.54) is 11.6 Å². The van der Waals surface area contributed by atoms with Crippen LogP contribution in [0.1, 0.15) is 41.1 Å². The van der Waals surface area contributed by atoms with Crippen LogP contribution in [-0.4, -0.2) is 4.98 Å². The van der Waals surface area contributed by atoms with Gasteiger partial charge in [-0.1, -0.05) is 18.2 Å². The summed E-state index contributed by atoms with van der Waals surface area (Å²) in [5, 5.41) is 0. The fourth-order valence-electron chi connectivity index (χ4n) is 2.90. The smallest absolute Gasteiger partial charge is 0.127 e. The highest BCUT2D eigenvalue weighted by molar-refractivity contribution is 5.38. The van der Waals surface area contributed by atoms with Crippen molar-refractivity contribution in [2.45, 2.75) is 31.7 Å². The average Bonchev–Trinajstić information content (AvgIpc) is 2.47. The van der Waals surface area contributed by atoms with Crippen molar-refractivity contribution in [3.8, 4) is 0 Å². The van der Waals surface area contributed by atoms with Crippen molar-refractivity contribution in [2.75, 3.05) is 0 Å². The lowest BCUT2D eigenvalue weighted by Gasteiger charge is -2.25. The van der Waals surface area contributed by atoms with Crippen LogP contribution in [0.2, 0.25) is 0 Å². The lowest BCUT2D eigenvalue weighted by molar-refractivity contribution is 0.548. The molecule has 0 fully saturated rings. The number of nitrogens with zero attached hydrogens (tertiary/aromatic N) is 1. The second kappa shape index (κ2) is 5.10. The van der Waals surface area contributed by atoms with Crippen LogP contribution in [0, 0.1) is 5.82 Å². The molecule has 0 spiro atoms. The van der Waals surface area contributed by atoms with Crippen molar-refractivity contribution >= 4 is 0 Å². The number of pyridine rings is 1. The van der Waals surface area contributed by atoms with E-state index in [2.05, 4.69) is 11.1 Å². The van der Waals surface area contributed by atoms with Gasteiger partial charge < -0.3 is 5.73 Å². The maximum Gasteiger partial charge on any atom is 0.127 e. The van der Waals surface area contributed by atoms with Crippen LogP contribution in [0.25, 0.3) is 0 Å². The van der Waals surface area contributed by atoms with Gasteiger partial charge in [-0.15, -0.1) is 0 Å². The largest absolute Gasteiger partial charge is 0.326 e. The molecule has 0 radical (unpaired) electrons. The summed E-state index contributed by atoms with van der Waals surface area (Å²) in [6.07, 6.45) is 4.87. The van der Waals surface area contributed by atoms with Crippen LogP contribution < -0.4 is 5.73 Å². The van der Waals surface area contributed by atoms with Gasteiger partial charge in [-0.05, 0) is 48.1 Å². The Bertz CT molecular complexity index is 595. The fourth-order valence-corrected chi connectivity index (χ4v) is 2.90. The molecule has 0 saturated carbocycles. The molecule has 2 N–H and O–H groups in total. The molecule has 1 atom stereocenters. The van der Waals surface area contributed by atoms with Gasteiger partial charge in [0.2, 0.25) is 0 Å². The van der Waals surface area contributed by atoms with Gasteiger partial charge in [-0.3, -0.25) is 4.98 Å². The first-order valence-corrected chi connectivity index (χ1v) is 6.72. The van der Waals surface area contributed by atoms with Gasteiger partial charge >= 0.3 is 0 Å². The molecule has 2 aromatic rings. The number of benzene rings is 1. The van der Waals surface area contributed by atoms with E-state index in [1.54, 1.807) is 12.3 Å². The topological polar surface area (TPSA) is 38.9 Å². The molecule has 1 aromatic heterocycles. The van der Waals surface area contributed by atoms with Crippen molar-refractivity contribution in [1.29, 1.82) is 0 Å². The molecule has 2 nitrogen and oxygen atoms in total. The zero-order valence-electron chi connectivity index (χ0n) is 10.8. The number of hydrogen-bond donors (Lipinski definition) is 1. The number of rotatable bonds is 2. The molecule has 0 amide bonds. The first-order valence-electron chi connectivity index (χ1n) is 6.72. The molecule has 1 unspecified atom stereocenters. The number of aryl methyl sites for hydroxylation is 1. The van der Waals surface area contributed by atoms with E-state index in [1.807, 2.05) is 12.1 Å². The van der Waals surface area contributed by atoms with E-state index >= 15 is 0 Å². The van der Waals surface area contributed by atoms with Crippen molar-refractivity contribution < 1.29 is 4.39 Å². The first-order chi connectivity index (χ1) is 9.29. The Kier molecular flexibility index (Phi) is 3.30. The quantitative estimate of drug-likeness (QED) is 0.896. The van der Waals surface area contributed by atoms with Gasteiger partial charge in [0.05, 0.1) is 5.69 Å². The van der Waals surface area contributed by atoms with Crippen LogP contribution in [-0.2, 0) is 13.0 Å². The van der Waals surface area contributed by atoms with Crippen molar-refractivity contribution in [3.63, 3.8) is 0 Å². The Balaban J connectivity index is 2.08. The summed E-state index contributed by atoms with van der Waals surface area (Å²) in [6.45, 7) is 0.440. The summed E-state index contributed by atoms with van der Waals surface area (Å²) < 4.78 is 14.1. The molecule has 1 aliphatic rings. The van der Waals surface area contributed by atoms with Crippen LogP contribution >= 0.6 is 0 Å². The van der Waals surface area contributed by atoms with Crippen LogP contribution in [0.15, 0.2) is 36.5 Å². The third-order valence-electron chi connectivity index (χ3n) is 3.87. The molecular weight excluding hydrogens is 239 g/mol. The highest BCUT2D eigenvalue weighted by Crippen LogP contribution is 2.36. The lowest BCUT2D eigenvalue weighted by atomic mass is 9.81. The highest BCUT2D eigenvalue weighted by Gasteiger charge is 2.25. The van der Waals surface area contributed by atoms with Crippen LogP contribution in [0.3, 0.4) is 0 Å². The zero-order chi connectivity index (χ0) is 13.2. The molecule has 98 valence electrons. The normalized spacial score (nSPS) is 18.1. The minimum Gasteiger partial charge on any atom is -0.326 e. The molecule has 0 aliphatic heterocycles. The summed E-state index contributed by atoms with van der Waals surface area (Å²) in [7, 11) is 0. The third kappa shape index (κ3) is 2.26. The molecule has 1 aliphatic carbocycles. The van der Waals surface area contributed by atoms with Crippen LogP contribution in [0.5, 0.6) is 0 Å². The minimum absolute atomic E-state index is 0.0662. The molecule has 0 saturated heterocycles. The number of hydrogen-bond acceptors (Lipinski definition) is 2. The first kappa shape index (κ1) is 12.3. The van der Waals surface area contributed by atoms with E-state index in [4.69, 9.17) is 5.73 Å². The van der Waals surface area contributed by atoms with Crippen molar-refractivity contribution in [2.24, 2.45) is 5.73 Å². The van der Waals surface area contributed by atoms with Gasteiger partial charge in [0.25, 0.3) is 0 Å². The number of nitrogens with two attached hydrogens (primary N) is 1. The molecule has 0 bridgehead atoms. The maximum absolute atomic E-state index is 14.1. The van der Waals surface area contributed by atoms with Gasteiger partial charge in [-0.25, -0.2) is 4.39 Å². The minimum atomic E-state index is -0.152. The summed E-state index contributed by atoms with van der Waals surface area (Å²) in [5.41, 5.74) is 9.64. The Hall–Kier alpha value is -1.74. The summed E-state index contributed by atoms with van der Waals surface area (Å²) >= 11 is 0. The van der Waals surface area contributed by atoms with Gasteiger partial charge in [0.15, 0.2) is 0 Å². The zero-order valence-corrected chi connectivity index (χ0v) is 10.8. The second-order valence-electron chi connectivity index (χ2n) is 5.05. The van der Waals surface area contributed by atoms with Gasteiger partial charge in [-0.2, -0.15) is 0 Å².